The van der Waals surface area contributed by atoms with Gasteiger partial charge in [-0.2, -0.15) is 0 Å². The van der Waals surface area contributed by atoms with Gasteiger partial charge in [0.15, 0.2) is 0 Å². The Morgan fingerprint density at radius 3 is 2.18 bits per heavy atom. The van der Waals surface area contributed by atoms with Crippen molar-refractivity contribution < 1.29 is 0 Å². The molecule has 0 unspecified atom stereocenters. The van der Waals surface area contributed by atoms with E-state index in [1.807, 2.05) is 5.01 Å². The van der Waals surface area contributed by atoms with E-state index in [-0.39, 0.29) is 5.54 Å². The molecule has 0 aromatic carbocycles. The first-order chi connectivity index (χ1) is 5.04. The van der Waals surface area contributed by atoms with Crippen LogP contribution in [-0.4, -0.2) is 17.1 Å². The summed E-state index contributed by atoms with van der Waals surface area (Å²) in [5.74, 6) is 5.88. The van der Waals surface area contributed by atoms with Gasteiger partial charge in [-0.25, -0.2) is 5.01 Å². The van der Waals surface area contributed by atoms with Gasteiger partial charge in [-0.05, 0) is 26.7 Å². The molecule has 0 heterocycles. The first-order valence-electron chi connectivity index (χ1n) is 4.57. The second-order valence-corrected chi connectivity index (χ2v) is 3.71. The van der Waals surface area contributed by atoms with Gasteiger partial charge >= 0.3 is 0 Å². The van der Waals surface area contributed by atoms with Gasteiger partial charge in [0, 0.05) is 12.1 Å². The summed E-state index contributed by atoms with van der Waals surface area (Å²) in [6, 6.07) is 0. The molecule has 0 saturated carbocycles. The van der Waals surface area contributed by atoms with Crippen molar-refractivity contribution in [2.75, 3.05) is 6.54 Å². The molecule has 0 amide bonds. The predicted molar refractivity (Wildman–Crippen MR) is 50.2 cm³/mol. The smallest absolute Gasteiger partial charge is 0.0293 e. The van der Waals surface area contributed by atoms with E-state index in [4.69, 9.17) is 5.84 Å². The van der Waals surface area contributed by atoms with Crippen molar-refractivity contribution in [3.63, 3.8) is 0 Å². The van der Waals surface area contributed by atoms with Crippen LogP contribution in [0.15, 0.2) is 0 Å². The average molecular weight is 158 g/mol. The van der Waals surface area contributed by atoms with Gasteiger partial charge in [0.1, 0.15) is 0 Å². The maximum Gasteiger partial charge on any atom is 0.0293 e. The summed E-state index contributed by atoms with van der Waals surface area (Å²) in [5.41, 5.74) is 0.162. The van der Waals surface area contributed by atoms with E-state index in [1.54, 1.807) is 0 Å². The highest BCUT2D eigenvalue weighted by Gasteiger charge is 2.20. The highest BCUT2D eigenvalue weighted by molar-refractivity contribution is 4.75. The molecule has 11 heavy (non-hydrogen) atoms. The van der Waals surface area contributed by atoms with E-state index in [1.165, 1.54) is 12.8 Å². The number of hydrogen-bond acceptors (Lipinski definition) is 2. The van der Waals surface area contributed by atoms with Crippen molar-refractivity contribution in [3.05, 3.63) is 0 Å². The molecule has 0 fully saturated rings. The molecule has 2 heteroatoms. The molecule has 68 valence electrons. The van der Waals surface area contributed by atoms with Crippen LogP contribution in [0.3, 0.4) is 0 Å². The van der Waals surface area contributed by atoms with E-state index in [0.717, 1.165) is 13.0 Å². The van der Waals surface area contributed by atoms with Crippen LogP contribution in [0.2, 0.25) is 0 Å². The van der Waals surface area contributed by atoms with Crippen LogP contribution in [-0.2, 0) is 0 Å². The zero-order chi connectivity index (χ0) is 8.91. The Morgan fingerprint density at radius 2 is 1.82 bits per heavy atom. The fourth-order valence-electron chi connectivity index (χ4n) is 0.834. The highest BCUT2D eigenvalue weighted by atomic mass is 15.4. The Labute approximate surface area is 70.7 Å². The molecule has 0 bridgehead atoms. The number of hydrazine groups is 1. The number of nitrogens with two attached hydrogens (primary N) is 1. The first-order valence-corrected chi connectivity index (χ1v) is 4.57. The van der Waals surface area contributed by atoms with Crippen molar-refractivity contribution in [1.29, 1.82) is 0 Å². The number of rotatable bonds is 5. The van der Waals surface area contributed by atoms with Crippen LogP contribution >= 0.6 is 0 Å². The minimum Gasteiger partial charge on any atom is -0.268 e. The quantitative estimate of drug-likeness (QED) is 0.490. The van der Waals surface area contributed by atoms with Gasteiger partial charge in [0.2, 0.25) is 0 Å². The van der Waals surface area contributed by atoms with Gasteiger partial charge in [-0.3, -0.25) is 5.84 Å². The highest BCUT2D eigenvalue weighted by Crippen LogP contribution is 2.14. The summed E-state index contributed by atoms with van der Waals surface area (Å²) < 4.78 is 0. The van der Waals surface area contributed by atoms with E-state index >= 15 is 0 Å². The third-order valence-electron chi connectivity index (χ3n) is 2.40. The summed E-state index contributed by atoms with van der Waals surface area (Å²) in [4.78, 5) is 0. The summed E-state index contributed by atoms with van der Waals surface area (Å²) in [6.07, 6.45) is 3.51. The minimum absolute atomic E-state index is 0.162. The van der Waals surface area contributed by atoms with E-state index in [0.29, 0.717) is 0 Å². The Morgan fingerprint density at radius 1 is 1.27 bits per heavy atom. The van der Waals surface area contributed by atoms with Crippen LogP contribution in [0.1, 0.15) is 47.0 Å². The van der Waals surface area contributed by atoms with Gasteiger partial charge in [-0.1, -0.05) is 20.3 Å². The van der Waals surface area contributed by atoms with Crippen LogP contribution < -0.4 is 5.84 Å². The summed E-state index contributed by atoms with van der Waals surface area (Å²) in [5, 5.41) is 1.95. The van der Waals surface area contributed by atoms with Crippen LogP contribution in [0.25, 0.3) is 0 Å². The van der Waals surface area contributed by atoms with E-state index in [9.17, 15) is 0 Å². The number of nitrogens with zero attached hydrogens (tertiary/aromatic N) is 1. The van der Waals surface area contributed by atoms with E-state index < -0.39 is 0 Å². The molecular weight excluding hydrogens is 136 g/mol. The Kier molecular flexibility index (Phi) is 4.69. The lowest BCUT2D eigenvalue weighted by Crippen LogP contribution is -2.48. The van der Waals surface area contributed by atoms with Crippen LogP contribution in [0.4, 0.5) is 0 Å². The SMILES string of the molecule is CCCCN(N)C(C)(C)CC. The van der Waals surface area contributed by atoms with Crippen molar-refractivity contribution in [2.45, 2.75) is 52.5 Å². The first kappa shape index (κ1) is 10.9. The number of hydrogen-bond donors (Lipinski definition) is 1. The van der Waals surface area contributed by atoms with Crippen LogP contribution in [0.5, 0.6) is 0 Å². The summed E-state index contributed by atoms with van der Waals surface area (Å²) >= 11 is 0. The van der Waals surface area contributed by atoms with Gasteiger partial charge < -0.3 is 0 Å². The molecule has 0 spiro atoms. The largest absolute Gasteiger partial charge is 0.268 e. The lowest BCUT2D eigenvalue weighted by Gasteiger charge is -2.33. The summed E-state index contributed by atoms with van der Waals surface area (Å²) in [7, 11) is 0. The van der Waals surface area contributed by atoms with E-state index in [2.05, 4.69) is 27.7 Å². The molecule has 2 nitrogen and oxygen atoms in total. The normalized spacial score (nSPS) is 12.5. The maximum absolute atomic E-state index is 5.88. The average Bonchev–Trinajstić information content (AvgIpc) is 2.00. The van der Waals surface area contributed by atoms with Crippen molar-refractivity contribution >= 4 is 0 Å². The zero-order valence-corrected chi connectivity index (χ0v) is 8.35. The molecule has 2 N–H and O–H groups in total. The Balaban J connectivity index is 3.71. The van der Waals surface area contributed by atoms with Crippen LogP contribution in [0, 0.1) is 0 Å². The van der Waals surface area contributed by atoms with Crippen molar-refractivity contribution in [2.24, 2.45) is 5.84 Å². The Bertz CT molecular complexity index is 99.7. The molecule has 0 aromatic heterocycles. The zero-order valence-electron chi connectivity index (χ0n) is 8.35. The topological polar surface area (TPSA) is 29.3 Å². The standard InChI is InChI=1S/C9H22N2/c1-5-7-8-11(10)9(3,4)6-2/h5-8,10H2,1-4H3. The second kappa shape index (κ2) is 4.73. The molecule has 0 aliphatic carbocycles. The molecule has 0 aliphatic rings. The molecular formula is C9H22N2. The predicted octanol–water partition coefficient (Wildman–Crippen LogP) is 2.15. The fraction of sp³-hybridized carbons (Fsp3) is 1.00. The molecule has 0 rings (SSSR count). The third-order valence-corrected chi connectivity index (χ3v) is 2.40. The number of unbranched alkanes of at least 4 members (excludes halogenated alkanes) is 1. The molecule has 0 atom stereocenters. The van der Waals surface area contributed by atoms with Gasteiger partial charge in [0.25, 0.3) is 0 Å². The maximum atomic E-state index is 5.88. The van der Waals surface area contributed by atoms with Crippen molar-refractivity contribution in [3.8, 4) is 0 Å². The lowest BCUT2D eigenvalue weighted by molar-refractivity contribution is 0.115. The summed E-state index contributed by atoms with van der Waals surface area (Å²) in [6.45, 7) is 9.74. The minimum atomic E-state index is 0.162. The molecule has 0 saturated heterocycles. The second-order valence-electron chi connectivity index (χ2n) is 3.71. The molecule has 0 aromatic rings. The third kappa shape index (κ3) is 3.73. The molecule has 0 radical (unpaired) electrons. The lowest BCUT2D eigenvalue weighted by atomic mass is 10.0. The van der Waals surface area contributed by atoms with Crippen molar-refractivity contribution in [1.82, 2.24) is 5.01 Å². The van der Waals surface area contributed by atoms with Gasteiger partial charge in [-0.15, -0.1) is 0 Å². The van der Waals surface area contributed by atoms with Gasteiger partial charge in [0.05, 0.1) is 0 Å². The monoisotopic (exact) mass is 158 g/mol. The Hall–Kier alpha value is -0.0800. The fourth-order valence-corrected chi connectivity index (χ4v) is 0.834. The molecule has 0 aliphatic heterocycles.